The molecule has 0 radical (unpaired) electrons. The fourth-order valence-electron chi connectivity index (χ4n) is 5.47. The number of imide groups is 1. The molecular weight excluding hydrogens is 374 g/mol. The normalized spacial score (nSPS) is 34.4. The zero-order valence-electron chi connectivity index (χ0n) is 14.9. The molecule has 1 saturated heterocycles. The molecule has 1 aliphatic heterocycles. The first-order chi connectivity index (χ1) is 13.6. The first-order valence-corrected chi connectivity index (χ1v) is 10.4. The molecule has 1 aromatic heterocycles. The van der Waals surface area contributed by atoms with Gasteiger partial charge >= 0.3 is 5.97 Å². The van der Waals surface area contributed by atoms with E-state index in [1.54, 1.807) is 41.8 Å². The Hall–Kier alpha value is -2.73. The Morgan fingerprint density at radius 1 is 0.964 bits per heavy atom. The Morgan fingerprint density at radius 3 is 2.29 bits per heavy atom. The Labute approximate surface area is 165 Å². The summed E-state index contributed by atoms with van der Waals surface area (Å²) in [5, 5.41) is 1.80. The monoisotopic (exact) mass is 391 g/mol. The third-order valence-corrected chi connectivity index (χ3v) is 7.54. The fourth-order valence-corrected chi connectivity index (χ4v) is 6.07. The molecule has 7 rings (SSSR count). The van der Waals surface area contributed by atoms with Crippen molar-refractivity contribution >= 4 is 34.8 Å². The van der Waals surface area contributed by atoms with Crippen LogP contribution in [0.3, 0.4) is 0 Å². The third-order valence-electron chi connectivity index (χ3n) is 6.69. The number of carbonyl (C=O) groups is 3. The Kier molecular flexibility index (Phi) is 3.27. The van der Waals surface area contributed by atoms with Gasteiger partial charge in [-0.3, -0.25) is 9.59 Å². The van der Waals surface area contributed by atoms with Crippen molar-refractivity contribution in [3.63, 3.8) is 0 Å². The van der Waals surface area contributed by atoms with E-state index >= 15 is 0 Å². The lowest BCUT2D eigenvalue weighted by Crippen LogP contribution is -2.40. The predicted molar refractivity (Wildman–Crippen MR) is 103 cm³/mol. The van der Waals surface area contributed by atoms with Crippen LogP contribution in [0.5, 0.6) is 5.75 Å². The maximum Gasteiger partial charge on any atom is 0.353 e. The number of rotatable bonds is 3. The first-order valence-electron chi connectivity index (χ1n) is 9.56. The number of hydrogen-bond donors (Lipinski definition) is 0. The van der Waals surface area contributed by atoms with E-state index in [0.717, 1.165) is 6.42 Å². The number of para-hydroxylation sites is 2. The van der Waals surface area contributed by atoms with Gasteiger partial charge in [0.15, 0.2) is 5.75 Å². The quantitative estimate of drug-likeness (QED) is 0.348. The summed E-state index contributed by atoms with van der Waals surface area (Å²) in [5.74, 6) is 0.358. The van der Waals surface area contributed by atoms with Crippen LogP contribution in [0.2, 0.25) is 0 Å². The number of carbonyl (C=O) groups excluding carboxylic acids is 3. The van der Waals surface area contributed by atoms with E-state index in [1.165, 1.54) is 16.2 Å². The molecule has 2 heterocycles. The number of benzene rings is 1. The topological polar surface area (TPSA) is 63.7 Å². The summed E-state index contributed by atoms with van der Waals surface area (Å²) in [5.41, 5.74) is 0.366. The van der Waals surface area contributed by atoms with Gasteiger partial charge < -0.3 is 4.74 Å². The summed E-state index contributed by atoms with van der Waals surface area (Å²) in [4.78, 5) is 40.8. The number of ether oxygens (including phenoxy) is 1. The molecule has 6 atom stereocenters. The van der Waals surface area contributed by atoms with E-state index in [2.05, 4.69) is 12.2 Å². The highest BCUT2D eigenvalue weighted by Gasteiger charge is 2.67. The Balaban J connectivity index is 1.36. The summed E-state index contributed by atoms with van der Waals surface area (Å²) in [6, 6.07) is 10.3. The lowest BCUT2D eigenvalue weighted by Gasteiger charge is -2.37. The molecule has 5 aliphatic rings. The van der Waals surface area contributed by atoms with E-state index in [0.29, 0.717) is 22.4 Å². The standard InChI is InChI=1S/C22H17NO4S/c24-20-18-11-7-8-12(14-10-13(11)14)19(18)21(25)23(20)15-4-1-2-5-16(15)27-22(26)17-6-3-9-28-17/h1-9,11-14,18-19H,10H2/t11-,12-,13-,14+,18-,19-/m1/s1. The molecular formula is C22H17NO4S. The van der Waals surface area contributed by atoms with Gasteiger partial charge in [-0.2, -0.15) is 0 Å². The molecule has 6 heteroatoms. The van der Waals surface area contributed by atoms with E-state index < -0.39 is 5.97 Å². The van der Waals surface area contributed by atoms with Crippen molar-refractivity contribution in [3.05, 3.63) is 58.8 Å². The highest BCUT2D eigenvalue weighted by molar-refractivity contribution is 7.12. The molecule has 0 unspecified atom stereocenters. The third kappa shape index (κ3) is 2.09. The van der Waals surface area contributed by atoms with Crippen molar-refractivity contribution in [2.45, 2.75) is 6.42 Å². The second kappa shape index (κ2) is 5.64. The van der Waals surface area contributed by atoms with Crippen LogP contribution in [0, 0.1) is 35.5 Å². The smallest absolute Gasteiger partial charge is 0.353 e. The summed E-state index contributed by atoms with van der Waals surface area (Å²) in [6.07, 6.45) is 5.43. The van der Waals surface area contributed by atoms with Gasteiger partial charge in [-0.05, 0) is 53.7 Å². The maximum atomic E-state index is 13.3. The van der Waals surface area contributed by atoms with Gasteiger partial charge in [0, 0.05) is 0 Å². The molecule has 5 nitrogen and oxygen atoms in total. The van der Waals surface area contributed by atoms with E-state index in [9.17, 15) is 14.4 Å². The summed E-state index contributed by atoms with van der Waals surface area (Å²) >= 11 is 1.29. The minimum absolute atomic E-state index is 0.153. The number of allylic oxidation sites excluding steroid dienone is 2. The number of thiophene rings is 1. The number of anilines is 1. The Morgan fingerprint density at radius 2 is 1.64 bits per heavy atom. The van der Waals surface area contributed by atoms with Crippen LogP contribution in [0.1, 0.15) is 16.1 Å². The molecule has 2 saturated carbocycles. The average Bonchev–Trinajstić information content (AvgIpc) is 3.27. The van der Waals surface area contributed by atoms with Crippen molar-refractivity contribution < 1.29 is 19.1 Å². The van der Waals surface area contributed by atoms with Crippen LogP contribution >= 0.6 is 11.3 Å². The number of amides is 2. The molecule has 3 fully saturated rings. The molecule has 0 spiro atoms. The van der Waals surface area contributed by atoms with Crippen molar-refractivity contribution in [3.8, 4) is 5.75 Å². The second-order valence-electron chi connectivity index (χ2n) is 8.00. The SMILES string of the molecule is O=C(Oc1ccccc1N1C(=O)[C@@H]2[C@@H]3C=C[C@H]([C@@H]4C[C@H]34)[C@H]2C1=O)c1cccs1. The molecule has 28 heavy (non-hydrogen) atoms. The lowest BCUT2D eigenvalue weighted by atomic mass is 9.63. The van der Waals surface area contributed by atoms with Gasteiger partial charge in [0.05, 0.1) is 17.5 Å². The zero-order valence-corrected chi connectivity index (χ0v) is 15.7. The minimum atomic E-state index is -0.484. The molecule has 0 N–H and O–H groups in total. The highest BCUT2D eigenvalue weighted by atomic mass is 32.1. The highest BCUT2D eigenvalue weighted by Crippen LogP contribution is 2.65. The number of nitrogens with zero attached hydrogens (tertiary/aromatic N) is 1. The van der Waals surface area contributed by atoms with Crippen LogP contribution in [0.25, 0.3) is 0 Å². The molecule has 4 aliphatic carbocycles. The zero-order chi connectivity index (χ0) is 19.0. The van der Waals surface area contributed by atoms with Gasteiger partial charge in [0.1, 0.15) is 4.88 Å². The van der Waals surface area contributed by atoms with Crippen molar-refractivity contribution in [2.24, 2.45) is 35.5 Å². The van der Waals surface area contributed by atoms with Crippen LogP contribution in [-0.4, -0.2) is 17.8 Å². The maximum absolute atomic E-state index is 13.3. The molecule has 1 aromatic carbocycles. The summed E-state index contributed by atoms with van der Waals surface area (Å²) in [6.45, 7) is 0. The van der Waals surface area contributed by atoms with Crippen molar-refractivity contribution in [1.82, 2.24) is 0 Å². The summed E-state index contributed by atoms with van der Waals surface area (Å²) in [7, 11) is 0. The van der Waals surface area contributed by atoms with Crippen LogP contribution < -0.4 is 9.64 Å². The van der Waals surface area contributed by atoms with E-state index in [4.69, 9.17) is 4.74 Å². The van der Waals surface area contributed by atoms with Crippen molar-refractivity contribution in [1.29, 1.82) is 0 Å². The van der Waals surface area contributed by atoms with E-state index in [1.807, 2.05) is 0 Å². The molecule has 2 amide bonds. The number of hydrogen-bond acceptors (Lipinski definition) is 5. The molecule has 140 valence electrons. The van der Waals surface area contributed by atoms with Crippen LogP contribution in [0.15, 0.2) is 53.9 Å². The molecule has 2 bridgehead atoms. The first kappa shape index (κ1) is 16.2. The second-order valence-corrected chi connectivity index (χ2v) is 8.95. The van der Waals surface area contributed by atoms with Gasteiger partial charge in [-0.25, -0.2) is 9.69 Å². The Bertz CT molecular complexity index is 1010. The van der Waals surface area contributed by atoms with Crippen LogP contribution in [-0.2, 0) is 9.59 Å². The van der Waals surface area contributed by atoms with Gasteiger partial charge in [0.2, 0.25) is 11.8 Å². The largest absolute Gasteiger partial charge is 0.420 e. The average molecular weight is 391 g/mol. The minimum Gasteiger partial charge on any atom is -0.420 e. The number of esters is 1. The van der Waals surface area contributed by atoms with Gasteiger partial charge in [-0.1, -0.05) is 30.4 Å². The summed E-state index contributed by atoms with van der Waals surface area (Å²) < 4.78 is 5.56. The van der Waals surface area contributed by atoms with Gasteiger partial charge in [0.25, 0.3) is 0 Å². The van der Waals surface area contributed by atoms with Gasteiger partial charge in [-0.15, -0.1) is 11.3 Å². The molecule has 2 aromatic rings. The van der Waals surface area contributed by atoms with Crippen molar-refractivity contribution in [2.75, 3.05) is 4.90 Å². The fraction of sp³-hybridized carbons (Fsp3) is 0.318. The lowest BCUT2D eigenvalue weighted by molar-refractivity contribution is -0.124. The van der Waals surface area contributed by atoms with E-state index in [-0.39, 0.29) is 41.2 Å². The van der Waals surface area contributed by atoms with Crippen LogP contribution in [0.4, 0.5) is 5.69 Å². The predicted octanol–water partition coefficient (Wildman–Crippen LogP) is 3.52.